The first kappa shape index (κ1) is 13.2. The number of benzene rings is 1. The maximum atomic E-state index is 11.7. The van der Waals surface area contributed by atoms with Crippen molar-refractivity contribution in [3.8, 4) is 0 Å². The molecular formula is C12H16BrNO2. The van der Waals surface area contributed by atoms with Gasteiger partial charge in [0.25, 0.3) is 5.91 Å². The molecule has 0 fully saturated rings. The molecule has 3 nitrogen and oxygen atoms in total. The number of aryl methyl sites for hydroxylation is 1. The Balaban J connectivity index is 2.56. The van der Waals surface area contributed by atoms with Crippen LogP contribution < -0.4 is 5.32 Å². The molecule has 0 aliphatic carbocycles. The number of aliphatic hydroxyl groups excluding tert-OH is 1. The molecule has 0 aliphatic rings. The van der Waals surface area contributed by atoms with Gasteiger partial charge in [0.05, 0.1) is 6.10 Å². The molecule has 1 amide bonds. The summed E-state index contributed by atoms with van der Waals surface area (Å²) in [5, 5.41) is 11.8. The van der Waals surface area contributed by atoms with Gasteiger partial charge in [0, 0.05) is 16.6 Å². The van der Waals surface area contributed by atoms with Crippen LogP contribution in [0.1, 0.15) is 29.3 Å². The van der Waals surface area contributed by atoms with Crippen molar-refractivity contribution in [3.05, 3.63) is 33.8 Å². The largest absolute Gasteiger partial charge is 0.393 e. The molecule has 0 saturated heterocycles. The van der Waals surface area contributed by atoms with Gasteiger partial charge < -0.3 is 10.4 Å². The molecule has 16 heavy (non-hydrogen) atoms. The van der Waals surface area contributed by atoms with Crippen molar-refractivity contribution in [2.45, 2.75) is 26.4 Å². The molecule has 0 radical (unpaired) electrons. The minimum absolute atomic E-state index is 0.110. The second-order valence-corrected chi connectivity index (χ2v) is 4.71. The van der Waals surface area contributed by atoms with Gasteiger partial charge in [-0.2, -0.15) is 0 Å². The van der Waals surface area contributed by atoms with Gasteiger partial charge in [-0.25, -0.2) is 0 Å². The van der Waals surface area contributed by atoms with Crippen LogP contribution in [0.5, 0.6) is 0 Å². The van der Waals surface area contributed by atoms with Gasteiger partial charge in [-0.05, 0) is 38.0 Å². The van der Waals surface area contributed by atoms with Crippen LogP contribution in [-0.2, 0) is 0 Å². The quantitative estimate of drug-likeness (QED) is 0.892. The van der Waals surface area contributed by atoms with Crippen molar-refractivity contribution < 1.29 is 9.90 Å². The highest BCUT2D eigenvalue weighted by molar-refractivity contribution is 9.10. The summed E-state index contributed by atoms with van der Waals surface area (Å²) in [6.45, 7) is 4.16. The van der Waals surface area contributed by atoms with E-state index in [1.165, 1.54) is 0 Å². The zero-order valence-corrected chi connectivity index (χ0v) is 11.0. The molecule has 88 valence electrons. The fourth-order valence-corrected chi connectivity index (χ4v) is 1.61. The molecule has 1 aromatic carbocycles. The average Bonchev–Trinajstić information content (AvgIpc) is 2.21. The molecule has 0 spiro atoms. The Hall–Kier alpha value is -0.870. The van der Waals surface area contributed by atoms with Crippen LogP contribution in [0.2, 0.25) is 0 Å². The molecule has 1 rings (SSSR count). The highest BCUT2D eigenvalue weighted by Crippen LogP contribution is 2.17. The van der Waals surface area contributed by atoms with E-state index in [2.05, 4.69) is 21.2 Å². The molecule has 4 heteroatoms. The second-order valence-electron chi connectivity index (χ2n) is 3.86. The summed E-state index contributed by atoms with van der Waals surface area (Å²) in [5.41, 5.74) is 1.73. The predicted molar refractivity (Wildman–Crippen MR) is 67.5 cm³/mol. The van der Waals surface area contributed by atoms with E-state index in [0.29, 0.717) is 18.5 Å². The van der Waals surface area contributed by atoms with E-state index < -0.39 is 0 Å². The first-order valence-corrected chi connectivity index (χ1v) is 6.02. The fourth-order valence-electron chi connectivity index (χ4n) is 1.23. The lowest BCUT2D eigenvalue weighted by atomic mass is 10.1. The highest BCUT2D eigenvalue weighted by atomic mass is 79.9. The second kappa shape index (κ2) is 6.01. The van der Waals surface area contributed by atoms with E-state index in [4.69, 9.17) is 5.11 Å². The summed E-state index contributed by atoms with van der Waals surface area (Å²) >= 11 is 3.39. The Bertz CT molecular complexity index is 377. The number of halogens is 1. The van der Waals surface area contributed by atoms with Crippen LogP contribution in [-0.4, -0.2) is 23.7 Å². The Morgan fingerprint density at radius 1 is 1.56 bits per heavy atom. The van der Waals surface area contributed by atoms with Crippen LogP contribution in [0.3, 0.4) is 0 Å². The molecular weight excluding hydrogens is 270 g/mol. The first-order valence-electron chi connectivity index (χ1n) is 5.23. The Morgan fingerprint density at radius 2 is 2.25 bits per heavy atom. The lowest BCUT2D eigenvalue weighted by molar-refractivity contribution is 0.0945. The van der Waals surface area contributed by atoms with Gasteiger partial charge in [-0.3, -0.25) is 4.79 Å². The summed E-state index contributed by atoms with van der Waals surface area (Å²) in [6, 6.07) is 5.48. The third-order valence-electron chi connectivity index (χ3n) is 2.28. The van der Waals surface area contributed by atoms with Crippen molar-refractivity contribution in [3.63, 3.8) is 0 Å². The van der Waals surface area contributed by atoms with E-state index >= 15 is 0 Å². The number of rotatable bonds is 4. The first-order chi connectivity index (χ1) is 7.50. The lowest BCUT2D eigenvalue weighted by Crippen LogP contribution is -2.26. The summed E-state index contributed by atoms with van der Waals surface area (Å²) in [6.07, 6.45) is 0.184. The zero-order valence-electron chi connectivity index (χ0n) is 9.46. The Labute approximate surface area is 104 Å². The van der Waals surface area contributed by atoms with E-state index in [9.17, 15) is 4.79 Å². The van der Waals surface area contributed by atoms with Gasteiger partial charge >= 0.3 is 0 Å². The van der Waals surface area contributed by atoms with E-state index in [1.54, 1.807) is 19.1 Å². The number of carbonyl (C=O) groups is 1. The Morgan fingerprint density at radius 3 is 2.81 bits per heavy atom. The van der Waals surface area contributed by atoms with Gasteiger partial charge in [0.15, 0.2) is 0 Å². The van der Waals surface area contributed by atoms with Crippen LogP contribution >= 0.6 is 15.9 Å². The molecule has 0 aromatic heterocycles. The Kier molecular flexibility index (Phi) is 4.96. The maximum absolute atomic E-state index is 11.7. The summed E-state index contributed by atoms with van der Waals surface area (Å²) in [7, 11) is 0. The number of hydrogen-bond donors (Lipinski definition) is 2. The molecule has 1 atom stereocenters. The van der Waals surface area contributed by atoms with Gasteiger partial charge in [-0.1, -0.05) is 22.0 Å². The third-order valence-corrected chi connectivity index (χ3v) is 3.14. The van der Waals surface area contributed by atoms with Crippen LogP contribution in [0.15, 0.2) is 22.7 Å². The predicted octanol–water partition coefficient (Wildman–Crippen LogP) is 2.26. The van der Waals surface area contributed by atoms with Crippen LogP contribution in [0, 0.1) is 6.92 Å². The molecule has 0 aliphatic heterocycles. The van der Waals surface area contributed by atoms with Crippen molar-refractivity contribution in [1.82, 2.24) is 5.32 Å². The topological polar surface area (TPSA) is 49.3 Å². The standard InChI is InChI=1S/C12H16BrNO2/c1-8-3-4-10(7-11(8)13)12(16)14-6-5-9(2)15/h3-4,7,9,15H,5-6H2,1-2H3,(H,14,16). The smallest absolute Gasteiger partial charge is 0.251 e. The average molecular weight is 286 g/mol. The number of aliphatic hydroxyl groups is 1. The number of amides is 1. The van der Waals surface area contributed by atoms with Gasteiger partial charge in [-0.15, -0.1) is 0 Å². The lowest BCUT2D eigenvalue weighted by Gasteiger charge is -2.07. The minimum Gasteiger partial charge on any atom is -0.393 e. The molecule has 0 saturated carbocycles. The van der Waals surface area contributed by atoms with Gasteiger partial charge in [0.1, 0.15) is 0 Å². The summed E-state index contributed by atoms with van der Waals surface area (Å²) in [4.78, 5) is 11.7. The molecule has 0 bridgehead atoms. The monoisotopic (exact) mass is 285 g/mol. The summed E-state index contributed by atoms with van der Waals surface area (Å²) in [5.74, 6) is -0.110. The zero-order chi connectivity index (χ0) is 12.1. The normalized spacial score (nSPS) is 12.2. The number of hydrogen-bond acceptors (Lipinski definition) is 2. The van der Waals surface area contributed by atoms with Gasteiger partial charge in [0.2, 0.25) is 0 Å². The van der Waals surface area contributed by atoms with Crippen LogP contribution in [0.25, 0.3) is 0 Å². The molecule has 2 N–H and O–H groups in total. The van der Waals surface area contributed by atoms with E-state index in [-0.39, 0.29) is 12.0 Å². The number of carbonyl (C=O) groups excluding carboxylic acids is 1. The maximum Gasteiger partial charge on any atom is 0.251 e. The van der Waals surface area contributed by atoms with E-state index in [1.807, 2.05) is 13.0 Å². The van der Waals surface area contributed by atoms with Crippen molar-refractivity contribution in [2.75, 3.05) is 6.54 Å². The van der Waals surface area contributed by atoms with Crippen molar-refractivity contribution >= 4 is 21.8 Å². The minimum atomic E-state index is -0.384. The molecule has 1 unspecified atom stereocenters. The SMILES string of the molecule is Cc1ccc(C(=O)NCCC(C)O)cc1Br. The number of nitrogens with one attached hydrogen (secondary N) is 1. The fraction of sp³-hybridized carbons (Fsp3) is 0.417. The molecule has 1 aromatic rings. The third kappa shape index (κ3) is 3.94. The van der Waals surface area contributed by atoms with E-state index in [0.717, 1.165) is 10.0 Å². The van der Waals surface area contributed by atoms with Crippen molar-refractivity contribution in [2.24, 2.45) is 0 Å². The summed E-state index contributed by atoms with van der Waals surface area (Å²) < 4.78 is 0.927. The highest BCUT2D eigenvalue weighted by Gasteiger charge is 2.06. The van der Waals surface area contributed by atoms with Crippen LogP contribution in [0.4, 0.5) is 0 Å². The van der Waals surface area contributed by atoms with Crippen molar-refractivity contribution in [1.29, 1.82) is 0 Å². The molecule has 0 heterocycles.